The highest BCUT2D eigenvalue weighted by Crippen LogP contribution is 2.29. The van der Waals surface area contributed by atoms with Crippen LogP contribution in [-0.4, -0.2) is 17.0 Å². The first-order valence-corrected chi connectivity index (χ1v) is 8.17. The number of aromatic carboxylic acids is 1. The van der Waals surface area contributed by atoms with E-state index >= 15 is 0 Å². The Morgan fingerprint density at radius 3 is 2.15 bits per heavy atom. The molecular weight excluding hydrogens is 367 g/mol. The fraction of sp³-hybridized carbons (Fsp3) is 0. The summed E-state index contributed by atoms with van der Waals surface area (Å²) >= 11 is 0.972. The maximum absolute atomic E-state index is 14.3. The SMILES string of the molecule is O=C(O)c1cscc1C(=O)Nc1c(F)cc(-c2ccccc2F)cc1F. The van der Waals surface area contributed by atoms with Gasteiger partial charge < -0.3 is 10.4 Å². The summed E-state index contributed by atoms with van der Waals surface area (Å²) in [5.41, 5.74) is -1.24. The van der Waals surface area contributed by atoms with Gasteiger partial charge in [0.2, 0.25) is 0 Å². The number of carbonyl (C=O) groups excluding carboxylic acids is 1. The van der Waals surface area contributed by atoms with Crippen LogP contribution < -0.4 is 5.32 Å². The fourth-order valence-electron chi connectivity index (χ4n) is 2.36. The van der Waals surface area contributed by atoms with Gasteiger partial charge in [-0.1, -0.05) is 18.2 Å². The molecule has 0 saturated carbocycles. The molecule has 132 valence electrons. The Balaban J connectivity index is 1.94. The normalized spacial score (nSPS) is 10.6. The van der Waals surface area contributed by atoms with Gasteiger partial charge in [-0.25, -0.2) is 18.0 Å². The summed E-state index contributed by atoms with van der Waals surface area (Å²) in [6.07, 6.45) is 0. The predicted octanol–water partition coefficient (Wildman–Crippen LogP) is 4.78. The molecule has 0 atom stereocenters. The van der Waals surface area contributed by atoms with Crippen molar-refractivity contribution in [3.63, 3.8) is 0 Å². The van der Waals surface area contributed by atoms with Crippen molar-refractivity contribution >= 4 is 28.9 Å². The summed E-state index contributed by atoms with van der Waals surface area (Å²) in [5.74, 6) is -5.15. The zero-order valence-corrected chi connectivity index (χ0v) is 13.7. The Kier molecular flexibility index (Phi) is 4.77. The third-order valence-electron chi connectivity index (χ3n) is 3.60. The lowest BCUT2D eigenvalue weighted by molar-refractivity contribution is 0.0693. The zero-order chi connectivity index (χ0) is 18.8. The number of carboxylic acid groups (broad SMARTS) is 1. The van der Waals surface area contributed by atoms with Crippen LogP contribution in [0.1, 0.15) is 20.7 Å². The van der Waals surface area contributed by atoms with Crippen molar-refractivity contribution in [2.45, 2.75) is 0 Å². The molecule has 1 heterocycles. The maximum atomic E-state index is 14.3. The van der Waals surface area contributed by atoms with Gasteiger partial charge in [0.1, 0.15) is 23.1 Å². The Labute approximate surface area is 149 Å². The molecule has 8 heteroatoms. The van der Waals surface area contributed by atoms with E-state index in [1.807, 2.05) is 5.32 Å². The van der Waals surface area contributed by atoms with Crippen LogP contribution >= 0.6 is 11.3 Å². The van der Waals surface area contributed by atoms with E-state index in [0.717, 1.165) is 29.5 Å². The first kappa shape index (κ1) is 17.7. The van der Waals surface area contributed by atoms with Gasteiger partial charge in [0, 0.05) is 16.3 Å². The van der Waals surface area contributed by atoms with Gasteiger partial charge in [0.25, 0.3) is 5.91 Å². The number of rotatable bonds is 4. The summed E-state index contributed by atoms with van der Waals surface area (Å²) in [7, 11) is 0. The monoisotopic (exact) mass is 377 g/mol. The minimum absolute atomic E-state index is 0.00849. The first-order valence-electron chi connectivity index (χ1n) is 7.23. The standard InChI is InChI=1S/C18H10F3NO3S/c19-13-4-2-1-3-10(13)9-5-14(20)16(15(21)6-9)22-17(23)11-7-26-8-12(11)18(24)25/h1-8H,(H,22,23)(H,24,25). The Hall–Kier alpha value is -3.13. The summed E-state index contributed by atoms with van der Waals surface area (Å²) < 4.78 is 42.4. The Morgan fingerprint density at radius 1 is 0.923 bits per heavy atom. The topological polar surface area (TPSA) is 66.4 Å². The molecule has 4 nitrogen and oxygen atoms in total. The van der Waals surface area contributed by atoms with Crippen LogP contribution in [0.25, 0.3) is 11.1 Å². The molecule has 1 amide bonds. The molecule has 0 fully saturated rings. The molecule has 0 saturated heterocycles. The highest BCUT2D eigenvalue weighted by Gasteiger charge is 2.21. The predicted molar refractivity (Wildman–Crippen MR) is 91.0 cm³/mol. The molecule has 0 bridgehead atoms. The maximum Gasteiger partial charge on any atom is 0.337 e. The lowest BCUT2D eigenvalue weighted by atomic mass is 10.0. The Morgan fingerprint density at radius 2 is 1.54 bits per heavy atom. The number of carboxylic acids is 1. The second-order valence-electron chi connectivity index (χ2n) is 5.25. The number of halogens is 3. The molecule has 2 aromatic carbocycles. The van der Waals surface area contributed by atoms with Gasteiger partial charge in [-0.05, 0) is 23.8 Å². The van der Waals surface area contributed by atoms with Crippen LogP contribution in [0.4, 0.5) is 18.9 Å². The number of thiophene rings is 1. The minimum Gasteiger partial charge on any atom is -0.478 e. The molecule has 0 aliphatic heterocycles. The number of hydrogen-bond donors (Lipinski definition) is 2. The minimum atomic E-state index is -1.33. The number of hydrogen-bond acceptors (Lipinski definition) is 3. The molecule has 26 heavy (non-hydrogen) atoms. The molecule has 2 N–H and O–H groups in total. The van der Waals surface area contributed by atoms with Crippen LogP contribution in [-0.2, 0) is 0 Å². The van der Waals surface area contributed by atoms with Crippen LogP contribution in [0.3, 0.4) is 0 Å². The molecule has 0 aliphatic rings. The second kappa shape index (κ2) is 7.01. The molecule has 3 rings (SSSR count). The van der Waals surface area contributed by atoms with Gasteiger partial charge in [-0.3, -0.25) is 4.79 Å². The molecule has 1 aromatic heterocycles. The molecule has 0 spiro atoms. The van der Waals surface area contributed by atoms with E-state index in [-0.39, 0.29) is 22.3 Å². The van der Waals surface area contributed by atoms with Gasteiger partial charge >= 0.3 is 5.97 Å². The first-order chi connectivity index (χ1) is 12.4. The number of benzene rings is 2. The number of amides is 1. The summed E-state index contributed by atoms with van der Waals surface area (Å²) in [6.45, 7) is 0. The van der Waals surface area contributed by atoms with Gasteiger partial charge in [-0.2, -0.15) is 11.3 Å². The molecule has 3 aromatic rings. The van der Waals surface area contributed by atoms with Crippen molar-refractivity contribution in [1.29, 1.82) is 0 Å². The highest BCUT2D eigenvalue weighted by molar-refractivity contribution is 7.08. The second-order valence-corrected chi connectivity index (χ2v) is 6.00. The van der Waals surface area contributed by atoms with Gasteiger partial charge in [0.05, 0.1) is 11.1 Å². The molecular formula is C18H10F3NO3S. The van der Waals surface area contributed by atoms with Crippen molar-refractivity contribution in [3.05, 3.63) is 75.7 Å². The lowest BCUT2D eigenvalue weighted by Gasteiger charge is -2.10. The Bertz CT molecular complexity index is 993. The van der Waals surface area contributed by atoms with E-state index in [9.17, 15) is 22.8 Å². The van der Waals surface area contributed by atoms with Gasteiger partial charge in [0.15, 0.2) is 0 Å². The largest absolute Gasteiger partial charge is 0.478 e. The number of nitrogens with one attached hydrogen (secondary N) is 1. The van der Waals surface area contributed by atoms with E-state index in [1.54, 1.807) is 0 Å². The third kappa shape index (κ3) is 3.31. The van der Waals surface area contributed by atoms with E-state index in [2.05, 4.69) is 0 Å². The third-order valence-corrected chi connectivity index (χ3v) is 4.35. The zero-order valence-electron chi connectivity index (χ0n) is 12.9. The van der Waals surface area contributed by atoms with E-state index in [4.69, 9.17) is 5.11 Å². The van der Waals surface area contributed by atoms with E-state index in [0.29, 0.717) is 0 Å². The van der Waals surface area contributed by atoms with Crippen molar-refractivity contribution in [2.75, 3.05) is 5.32 Å². The quantitative estimate of drug-likeness (QED) is 0.687. The lowest BCUT2D eigenvalue weighted by Crippen LogP contribution is -2.16. The van der Waals surface area contributed by atoms with Crippen molar-refractivity contribution in [3.8, 4) is 11.1 Å². The average molecular weight is 377 g/mol. The fourth-order valence-corrected chi connectivity index (χ4v) is 3.16. The summed E-state index contributed by atoms with van der Waals surface area (Å²) in [5, 5.41) is 13.5. The van der Waals surface area contributed by atoms with Crippen LogP contribution in [0.5, 0.6) is 0 Å². The average Bonchev–Trinajstić information content (AvgIpc) is 3.08. The van der Waals surface area contributed by atoms with Crippen LogP contribution in [0.15, 0.2) is 47.2 Å². The van der Waals surface area contributed by atoms with Crippen LogP contribution in [0.2, 0.25) is 0 Å². The smallest absolute Gasteiger partial charge is 0.337 e. The molecule has 0 unspecified atom stereocenters. The molecule has 0 radical (unpaired) electrons. The van der Waals surface area contributed by atoms with E-state index in [1.165, 1.54) is 29.0 Å². The van der Waals surface area contributed by atoms with Gasteiger partial charge in [-0.15, -0.1) is 0 Å². The van der Waals surface area contributed by atoms with Crippen molar-refractivity contribution in [2.24, 2.45) is 0 Å². The summed E-state index contributed by atoms with van der Waals surface area (Å²) in [6, 6.07) is 7.28. The number of anilines is 1. The molecule has 0 aliphatic carbocycles. The van der Waals surface area contributed by atoms with Crippen molar-refractivity contribution < 1.29 is 27.9 Å². The van der Waals surface area contributed by atoms with Crippen molar-refractivity contribution in [1.82, 2.24) is 0 Å². The number of carbonyl (C=O) groups is 2. The van der Waals surface area contributed by atoms with E-state index < -0.39 is 35.0 Å². The highest BCUT2D eigenvalue weighted by atomic mass is 32.1. The van der Waals surface area contributed by atoms with Crippen LogP contribution in [0, 0.1) is 17.5 Å². The summed E-state index contributed by atoms with van der Waals surface area (Å²) in [4.78, 5) is 23.2.